The highest BCUT2D eigenvalue weighted by molar-refractivity contribution is 5.92. The molecule has 0 saturated carbocycles. The van der Waals surface area contributed by atoms with Crippen LogP contribution in [0.3, 0.4) is 0 Å². The lowest BCUT2D eigenvalue weighted by molar-refractivity contribution is 0.1000. The maximum atomic E-state index is 13.7. The molecule has 1 aromatic rings. The van der Waals surface area contributed by atoms with E-state index in [4.69, 9.17) is 5.73 Å². The lowest BCUT2D eigenvalue weighted by atomic mass is 10.0. The van der Waals surface area contributed by atoms with Gasteiger partial charge in [-0.3, -0.25) is 4.79 Å². The summed E-state index contributed by atoms with van der Waals surface area (Å²) in [7, 11) is 0. The fourth-order valence-electron chi connectivity index (χ4n) is 1.83. The first kappa shape index (κ1) is 14.6. The van der Waals surface area contributed by atoms with Gasteiger partial charge in [0.25, 0.3) is 0 Å². The highest BCUT2D eigenvalue weighted by atomic mass is 19.1. The van der Waals surface area contributed by atoms with Crippen LogP contribution in [0.1, 0.15) is 42.6 Å². The van der Waals surface area contributed by atoms with Crippen molar-refractivity contribution in [1.29, 1.82) is 0 Å². The molecule has 0 atom stereocenters. The van der Waals surface area contributed by atoms with E-state index in [0.29, 0.717) is 18.0 Å². The fourth-order valence-corrected chi connectivity index (χ4v) is 1.83. The molecule has 0 bridgehead atoms. The van der Waals surface area contributed by atoms with Crippen molar-refractivity contribution in [3.8, 4) is 0 Å². The summed E-state index contributed by atoms with van der Waals surface area (Å²) in [5, 5.41) is 3.24. The summed E-state index contributed by atoms with van der Waals surface area (Å²) in [5.41, 5.74) is 5.85. The van der Waals surface area contributed by atoms with E-state index in [1.165, 1.54) is 6.07 Å². The topological polar surface area (TPSA) is 55.1 Å². The Kier molecular flexibility index (Phi) is 5.78. The Morgan fingerprint density at radius 3 is 2.56 bits per heavy atom. The third-order valence-corrected chi connectivity index (χ3v) is 3.24. The van der Waals surface area contributed by atoms with Crippen molar-refractivity contribution in [3.63, 3.8) is 0 Å². The molecule has 0 saturated heterocycles. The molecular formula is C14H21FN2O. The summed E-state index contributed by atoms with van der Waals surface area (Å²) >= 11 is 0. The van der Waals surface area contributed by atoms with Crippen molar-refractivity contribution < 1.29 is 9.18 Å². The third-order valence-electron chi connectivity index (χ3n) is 3.24. The van der Waals surface area contributed by atoms with E-state index in [0.717, 1.165) is 19.4 Å². The predicted molar refractivity (Wildman–Crippen MR) is 70.7 cm³/mol. The van der Waals surface area contributed by atoms with Gasteiger partial charge >= 0.3 is 0 Å². The van der Waals surface area contributed by atoms with Crippen LogP contribution in [0.25, 0.3) is 0 Å². The molecule has 0 aliphatic heterocycles. The van der Waals surface area contributed by atoms with Crippen LogP contribution in [0.5, 0.6) is 0 Å². The Morgan fingerprint density at radius 1 is 1.39 bits per heavy atom. The predicted octanol–water partition coefficient (Wildman–Crippen LogP) is 2.45. The first-order valence-electron chi connectivity index (χ1n) is 6.37. The van der Waals surface area contributed by atoms with Crippen LogP contribution in [0.15, 0.2) is 18.2 Å². The van der Waals surface area contributed by atoms with Crippen molar-refractivity contribution >= 4 is 5.91 Å². The molecule has 0 radical (unpaired) electrons. The van der Waals surface area contributed by atoms with Gasteiger partial charge in [0.2, 0.25) is 5.91 Å². The second kappa shape index (κ2) is 7.11. The highest BCUT2D eigenvalue weighted by Gasteiger charge is 2.08. The van der Waals surface area contributed by atoms with Gasteiger partial charge in [0.05, 0.1) is 0 Å². The monoisotopic (exact) mass is 252 g/mol. The molecule has 0 aliphatic carbocycles. The average Bonchev–Trinajstić information content (AvgIpc) is 2.36. The van der Waals surface area contributed by atoms with E-state index in [1.54, 1.807) is 12.1 Å². The Balaban J connectivity index is 2.55. The lowest BCUT2D eigenvalue weighted by Crippen LogP contribution is -2.22. The van der Waals surface area contributed by atoms with E-state index < -0.39 is 5.91 Å². The fraction of sp³-hybridized carbons (Fsp3) is 0.500. The van der Waals surface area contributed by atoms with Gasteiger partial charge in [-0.25, -0.2) is 4.39 Å². The summed E-state index contributed by atoms with van der Waals surface area (Å²) in [5.74, 6) is -0.369. The van der Waals surface area contributed by atoms with Crippen LogP contribution < -0.4 is 11.1 Å². The number of nitrogens with two attached hydrogens (primary N) is 1. The van der Waals surface area contributed by atoms with E-state index in [-0.39, 0.29) is 11.4 Å². The maximum Gasteiger partial charge on any atom is 0.248 e. The number of carbonyl (C=O) groups is 1. The number of nitrogens with one attached hydrogen (secondary N) is 1. The number of amides is 1. The number of benzene rings is 1. The number of hydrogen-bond donors (Lipinski definition) is 2. The summed E-state index contributed by atoms with van der Waals surface area (Å²) in [6, 6.07) is 4.35. The number of rotatable bonds is 7. The van der Waals surface area contributed by atoms with Crippen LogP contribution in [0.2, 0.25) is 0 Å². The Bertz CT molecular complexity index is 403. The maximum absolute atomic E-state index is 13.7. The van der Waals surface area contributed by atoms with Crippen LogP contribution in [0.4, 0.5) is 4.39 Å². The number of primary amides is 1. The van der Waals surface area contributed by atoms with E-state index in [9.17, 15) is 9.18 Å². The van der Waals surface area contributed by atoms with Crippen molar-refractivity contribution in [2.45, 2.75) is 33.2 Å². The minimum Gasteiger partial charge on any atom is -0.366 e. The molecular weight excluding hydrogens is 231 g/mol. The van der Waals surface area contributed by atoms with Crippen LogP contribution in [-0.4, -0.2) is 12.5 Å². The summed E-state index contributed by atoms with van der Waals surface area (Å²) in [4.78, 5) is 10.9. The molecule has 0 fully saturated rings. The normalized spacial score (nSPS) is 10.9. The van der Waals surface area contributed by atoms with Gasteiger partial charge in [0.15, 0.2) is 0 Å². The second-order valence-electron chi connectivity index (χ2n) is 4.48. The summed E-state index contributed by atoms with van der Waals surface area (Å²) in [6.07, 6.45) is 2.24. The van der Waals surface area contributed by atoms with Crippen molar-refractivity contribution in [2.24, 2.45) is 11.7 Å². The molecule has 1 rings (SSSR count). The van der Waals surface area contributed by atoms with Crippen molar-refractivity contribution in [1.82, 2.24) is 5.32 Å². The first-order valence-corrected chi connectivity index (χ1v) is 6.37. The zero-order valence-electron chi connectivity index (χ0n) is 11.0. The van der Waals surface area contributed by atoms with Crippen molar-refractivity contribution in [2.75, 3.05) is 6.54 Å². The summed E-state index contributed by atoms with van der Waals surface area (Å²) < 4.78 is 13.7. The Morgan fingerprint density at radius 2 is 2.06 bits per heavy atom. The molecule has 0 unspecified atom stereocenters. The molecule has 1 aromatic carbocycles. The zero-order valence-corrected chi connectivity index (χ0v) is 11.0. The quantitative estimate of drug-likeness (QED) is 0.783. The van der Waals surface area contributed by atoms with Gasteiger partial charge in [0.1, 0.15) is 5.82 Å². The lowest BCUT2D eigenvalue weighted by Gasteiger charge is -2.13. The van der Waals surface area contributed by atoms with Gasteiger partial charge in [-0.05, 0) is 24.6 Å². The number of carbonyl (C=O) groups excluding carboxylic acids is 1. The average molecular weight is 252 g/mol. The molecule has 0 spiro atoms. The van der Waals surface area contributed by atoms with Gasteiger partial charge in [0, 0.05) is 17.7 Å². The van der Waals surface area contributed by atoms with Gasteiger partial charge < -0.3 is 11.1 Å². The number of halogens is 1. The Labute approximate surface area is 108 Å². The molecule has 1 amide bonds. The molecule has 0 heterocycles. The molecule has 3 nitrogen and oxygen atoms in total. The summed E-state index contributed by atoms with van der Waals surface area (Å²) in [6.45, 7) is 5.65. The molecule has 100 valence electrons. The SMILES string of the molecule is CCC(CC)CNCc1ccc(C(N)=O)cc1F. The van der Waals surface area contributed by atoms with Crippen LogP contribution in [0, 0.1) is 11.7 Å². The largest absolute Gasteiger partial charge is 0.366 e. The minimum absolute atomic E-state index is 0.205. The first-order chi connectivity index (χ1) is 8.58. The van der Waals surface area contributed by atoms with E-state index in [2.05, 4.69) is 19.2 Å². The van der Waals surface area contributed by atoms with Crippen LogP contribution >= 0.6 is 0 Å². The van der Waals surface area contributed by atoms with E-state index in [1.807, 2.05) is 0 Å². The van der Waals surface area contributed by atoms with Crippen LogP contribution in [-0.2, 0) is 6.54 Å². The number of hydrogen-bond acceptors (Lipinski definition) is 2. The van der Waals surface area contributed by atoms with Crippen molar-refractivity contribution in [3.05, 3.63) is 35.1 Å². The van der Waals surface area contributed by atoms with Gasteiger partial charge in [-0.1, -0.05) is 32.8 Å². The third kappa shape index (κ3) is 4.11. The Hall–Kier alpha value is -1.42. The molecule has 0 aromatic heterocycles. The van der Waals surface area contributed by atoms with E-state index >= 15 is 0 Å². The van der Waals surface area contributed by atoms with Gasteiger partial charge in [-0.15, -0.1) is 0 Å². The standard InChI is InChI=1S/C14H21FN2O/c1-3-10(4-2)8-17-9-12-6-5-11(14(16)18)7-13(12)15/h5-7,10,17H,3-4,8-9H2,1-2H3,(H2,16,18). The molecule has 3 N–H and O–H groups in total. The zero-order chi connectivity index (χ0) is 13.5. The molecule has 4 heteroatoms. The molecule has 0 aliphatic rings. The van der Waals surface area contributed by atoms with Gasteiger partial charge in [-0.2, -0.15) is 0 Å². The highest BCUT2D eigenvalue weighted by Crippen LogP contribution is 2.11. The second-order valence-corrected chi connectivity index (χ2v) is 4.48. The molecule has 18 heavy (non-hydrogen) atoms. The smallest absolute Gasteiger partial charge is 0.248 e. The minimum atomic E-state index is -0.606.